The van der Waals surface area contributed by atoms with Crippen LogP contribution in [-0.2, 0) is 11.3 Å². The zero-order valence-corrected chi connectivity index (χ0v) is 16.7. The average Bonchev–Trinajstić information content (AvgIpc) is 3.33. The van der Waals surface area contributed by atoms with Gasteiger partial charge in [0.1, 0.15) is 0 Å². The van der Waals surface area contributed by atoms with Crippen molar-refractivity contribution < 1.29 is 4.79 Å². The van der Waals surface area contributed by atoms with E-state index in [0.717, 1.165) is 30.8 Å². The number of hydrogen-bond donors (Lipinski definition) is 0. The number of piperidine rings is 1. The summed E-state index contributed by atoms with van der Waals surface area (Å²) in [5.74, 6) is 1.70. The van der Waals surface area contributed by atoms with Crippen molar-refractivity contribution in [3.63, 3.8) is 0 Å². The molecule has 3 aromatic rings. The topological polar surface area (TPSA) is 67.2 Å². The van der Waals surface area contributed by atoms with Crippen LogP contribution in [0.15, 0.2) is 60.9 Å². The number of carbonyl (C=O) groups excluding carboxylic acids is 1. The zero-order valence-electron chi connectivity index (χ0n) is 16.7. The fourth-order valence-electron chi connectivity index (χ4n) is 3.81. The number of aromatic nitrogens is 4. The molecule has 0 bridgehead atoms. The van der Waals surface area contributed by atoms with E-state index in [1.807, 2.05) is 54.4 Å². The summed E-state index contributed by atoms with van der Waals surface area (Å²) in [5.41, 5.74) is 1.16. The highest BCUT2D eigenvalue weighted by Crippen LogP contribution is 2.24. The maximum Gasteiger partial charge on any atom is 0.227 e. The lowest BCUT2D eigenvalue weighted by molar-refractivity contribution is -0.136. The maximum absolute atomic E-state index is 13.2. The van der Waals surface area contributed by atoms with Crippen LogP contribution in [0.5, 0.6) is 0 Å². The van der Waals surface area contributed by atoms with Gasteiger partial charge in [0, 0.05) is 38.6 Å². The zero-order chi connectivity index (χ0) is 20.1. The van der Waals surface area contributed by atoms with Gasteiger partial charge >= 0.3 is 0 Å². The highest BCUT2D eigenvalue weighted by Gasteiger charge is 2.29. The quantitative estimate of drug-likeness (QED) is 0.647. The Morgan fingerprint density at radius 3 is 2.59 bits per heavy atom. The van der Waals surface area contributed by atoms with Crippen molar-refractivity contribution in [2.45, 2.75) is 26.3 Å². The molecule has 4 rings (SSSR count). The molecule has 0 aliphatic carbocycles. The molecule has 0 saturated carbocycles. The van der Waals surface area contributed by atoms with E-state index < -0.39 is 0 Å². The van der Waals surface area contributed by atoms with Crippen LogP contribution in [0.1, 0.15) is 25.3 Å². The molecule has 7 heteroatoms. The molecule has 1 fully saturated rings. The first kappa shape index (κ1) is 19.1. The van der Waals surface area contributed by atoms with E-state index in [0.29, 0.717) is 25.5 Å². The van der Waals surface area contributed by atoms with Gasteiger partial charge in [-0.2, -0.15) is 5.10 Å². The van der Waals surface area contributed by atoms with Gasteiger partial charge in [-0.15, -0.1) is 10.2 Å². The normalized spacial score (nSPS) is 16.6. The Balaban J connectivity index is 1.42. The minimum absolute atomic E-state index is 0.0139. The van der Waals surface area contributed by atoms with E-state index in [4.69, 9.17) is 0 Å². The van der Waals surface area contributed by atoms with Gasteiger partial charge in [-0.05, 0) is 43.5 Å². The minimum atomic E-state index is -0.0139. The van der Waals surface area contributed by atoms with Crippen LogP contribution in [0.3, 0.4) is 0 Å². The molecule has 3 heterocycles. The Morgan fingerprint density at radius 2 is 1.90 bits per heavy atom. The summed E-state index contributed by atoms with van der Waals surface area (Å²) in [4.78, 5) is 17.3. The maximum atomic E-state index is 13.2. The first-order valence-electron chi connectivity index (χ1n) is 10.2. The molecule has 0 N–H and O–H groups in total. The van der Waals surface area contributed by atoms with Gasteiger partial charge in [0.15, 0.2) is 11.6 Å². The van der Waals surface area contributed by atoms with Gasteiger partial charge in [0.05, 0.1) is 5.92 Å². The number of nitrogens with zero attached hydrogens (tertiary/aromatic N) is 6. The molecule has 1 aromatic carbocycles. The summed E-state index contributed by atoms with van der Waals surface area (Å²) in [6, 6.07) is 15.9. The summed E-state index contributed by atoms with van der Waals surface area (Å²) in [6.45, 7) is 4.98. The van der Waals surface area contributed by atoms with Gasteiger partial charge in [-0.3, -0.25) is 4.79 Å². The number of rotatable bonds is 6. The first-order chi connectivity index (χ1) is 14.2. The Bertz CT molecular complexity index is 910. The second kappa shape index (κ2) is 8.86. The lowest BCUT2D eigenvalue weighted by atomic mass is 9.96. The van der Waals surface area contributed by atoms with Crippen molar-refractivity contribution in [1.82, 2.24) is 24.9 Å². The predicted octanol–water partition coefficient (Wildman–Crippen LogP) is 2.93. The van der Waals surface area contributed by atoms with Gasteiger partial charge < -0.3 is 9.80 Å². The van der Waals surface area contributed by atoms with Crippen LogP contribution in [0.4, 0.5) is 5.82 Å². The molecule has 1 atom stereocenters. The number of anilines is 1. The van der Waals surface area contributed by atoms with Crippen LogP contribution in [0.2, 0.25) is 0 Å². The number of carbonyl (C=O) groups is 1. The van der Waals surface area contributed by atoms with E-state index >= 15 is 0 Å². The molecular weight excluding hydrogens is 364 g/mol. The predicted molar refractivity (Wildman–Crippen MR) is 112 cm³/mol. The van der Waals surface area contributed by atoms with Crippen molar-refractivity contribution in [2.24, 2.45) is 5.92 Å². The van der Waals surface area contributed by atoms with Crippen LogP contribution >= 0.6 is 0 Å². The molecule has 29 heavy (non-hydrogen) atoms. The SMILES string of the molecule is CCN(Cc1ccccc1)C(=O)C1CCCN(c2ccc(-n3cccn3)nn2)C1. The largest absolute Gasteiger partial charge is 0.354 e. The summed E-state index contributed by atoms with van der Waals surface area (Å²) >= 11 is 0. The number of hydrogen-bond acceptors (Lipinski definition) is 5. The van der Waals surface area contributed by atoms with Crippen molar-refractivity contribution in [2.75, 3.05) is 24.5 Å². The highest BCUT2D eigenvalue weighted by atomic mass is 16.2. The second-order valence-electron chi connectivity index (χ2n) is 7.32. The van der Waals surface area contributed by atoms with E-state index in [1.165, 1.54) is 0 Å². The third-order valence-electron chi connectivity index (χ3n) is 5.38. The molecule has 150 valence electrons. The monoisotopic (exact) mass is 390 g/mol. The summed E-state index contributed by atoms with van der Waals surface area (Å²) in [6.07, 6.45) is 5.44. The third kappa shape index (κ3) is 4.45. The molecule has 1 saturated heterocycles. The van der Waals surface area contributed by atoms with Crippen molar-refractivity contribution in [3.8, 4) is 5.82 Å². The highest BCUT2D eigenvalue weighted by molar-refractivity contribution is 5.79. The number of amides is 1. The van der Waals surface area contributed by atoms with Crippen LogP contribution < -0.4 is 4.90 Å². The van der Waals surface area contributed by atoms with E-state index in [1.54, 1.807) is 10.9 Å². The summed E-state index contributed by atoms with van der Waals surface area (Å²) < 4.78 is 1.68. The third-order valence-corrected chi connectivity index (χ3v) is 5.38. The van der Waals surface area contributed by atoms with Gasteiger partial charge in [0.2, 0.25) is 5.91 Å². The molecule has 1 aliphatic rings. The lowest BCUT2D eigenvalue weighted by Gasteiger charge is -2.35. The van der Waals surface area contributed by atoms with Gasteiger partial charge in [-0.25, -0.2) is 4.68 Å². The lowest BCUT2D eigenvalue weighted by Crippen LogP contribution is -2.45. The molecule has 2 aromatic heterocycles. The van der Waals surface area contributed by atoms with E-state index in [2.05, 4.69) is 32.3 Å². The molecule has 7 nitrogen and oxygen atoms in total. The molecular formula is C22H26N6O. The Labute approximate surface area is 171 Å². The summed E-state index contributed by atoms with van der Waals surface area (Å²) in [7, 11) is 0. The minimum Gasteiger partial charge on any atom is -0.354 e. The fourth-order valence-corrected chi connectivity index (χ4v) is 3.81. The van der Waals surface area contributed by atoms with Crippen LogP contribution in [-0.4, -0.2) is 50.4 Å². The first-order valence-corrected chi connectivity index (χ1v) is 10.2. The molecule has 1 unspecified atom stereocenters. The Kier molecular flexibility index (Phi) is 5.84. The molecule has 1 aliphatic heterocycles. The Hall–Kier alpha value is -3.22. The average molecular weight is 390 g/mol. The fraction of sp³-hybridized carbons (Fsp3) is 0.364. The molecule has 0 radical (unpaired) electrons. The summed E-state index contributed by atoms with van der Waals surface area (Å²) in [5, 5.41) is 12.8. The van der Waals surface area contributed by atoms with Gasteiger partial charge in [-0.1, -0.05) is 30.3 Å². The standard InChI is InChI=1S/C22H26N6O/c1-2-26(16-18-8-4-3-5-9-18)22(29)19-10-6-14-27(17-19)20-11-12-21(25-24-20)28-15-7-13-23-28/h3-5,7-9,11-13,15,19H,2,6,10,14,16-17H2,1H3. The van der Waals surface area contributed by atoms with E-state index in [-0.39, 0.29) is 11.8 Å². The van der Waals surface area contributed by atoms with Crippen molar-refractivity contribution >= 4 is 11.7 Å². The van der Waals surface area contributed by atoms with Crippen LogP contribution in [0, 0.1) is 5.92 Å². The number of benzene rings is 1. The van der Waals surface area contributed by atoms with E-state index in [9.17, 15) is 4.79 Å². The van der Waals surface area contributed by atoms with Crippen molar-refractivity contribution in [3.05, 3.63) is 66.5 Å². The van der Waals surface area contributed by atoms with Crippen LogP contribution in [0.25, 0.3) is 5.82 Å². The molecule has 0 spiro atoms. The van der Waals surface area contributed by atoms with Gasteiger partial charge in [0.25, 0.3) is 0 Å². The Morgan fingerprint density at radius 1 is 1.10 bits per heavy atom. The second-order valence-corrected chi connectivity index (χ2v) is 7.32. The smallest absolute Gasteiger partial charge is 0.227 e. The molecule has 1 amide bonds. The van der Waals surface area contributed by atoms with Crippen molar-refractivity contribution in [1.29, 1.82) is 0 Å².